The molecule has 3 rings (SSSR count). The van der Waals surface area contributed by atoms with Crippen LogP contribution in [-0.2, 0) is 14.2 Å². The third-order valence-electron chi connectivity index (χ3n) is 4.73. The van der Waals surface area contributed by atoms with Crippen molar-refractivity contribution >= 4 is 11.8 Å². The molecule has 1 aromatic rings. The third kappa shape index (κ3) is 3.00. The first-order valence-electron chi connectivity index (χ1n) is 7.62. The Kier molecular flexibility index (Phi) is 4.60. The Morgan fingerprint density at radius 3 is 2.43 bits per heavy atom. The Hall–Kier alpha value is -0.550. The molecule has 2 heterocycles. The van der Waals surface area contributed by atoms with E-state index in [-0.39, 0.29) is 23.9 Å². The molecule has 2 fully saturated rings. The first kappa shape index (κ1) is 15.3. The molecule has 6 atom stereocenters. The summed E-state index contributed by atoms with van der Waals surface area (Å²) in [5.74, 6) is 0.955. The van der Waals surface area contributed by atoms with Crippen molar-refractivity contribution < 1.29 is 14.2 Å². The summed E-state index contributed by atoms with van der Waals surface area (Å²) >= 11 is 1.78. The fourth-order valence-electron chi connectivity index (χ4n) is 3.14. The van der Waals surface area contributed by atoms with E-state index in [1.165, 1.54) is 5.56 Å². The Bertz CT molecular complexity index is 473. The molecule has 0 radical (unpaired) electrons. The van der Waals surface area contributed by atoms with Crippen molar-refractivity contribution in [3.8, 4) is 0 Å². The molecular weight excluding hydrogens is 284 g/mol. The molecule has 0 bridgehead atoms. The second-order valence-corrected chi connectivity index (χ2v) is 7.11. The quantitative estimate of drug-likeness (QED) is 0.831. The zero-order valence-electron chi connectivity index (χ0n) is 13.1. The first-order valence-corrected chi connectivity index (χ1v) is 8.91. The van der Waals surface area contributed by atoms with E-state index in [1.807, 2.05) is 0 Å². The molecule has 0 amide bonds. The summed E-state index contributed by atoms with van der Waals surface area (Å²) in [6.45, 7) is 7.22. The molecular formula is C17H24O3S. The van der Waals surface area contributed by atoms with Gasteiger partial charge in [-0.2, -0.15) is 0 Å². The molecule has 2 aliphatic rings. The number of hydrogen-bond donors (Lipinski definition) is 0. The zero-order chi connectivity index (χ0) is 15.0. The number of rotatable bonds is 2. The van der Waals surface area contributed by atoms with Crippen LogP contribution in [0.2, 0.25) is 0 Å². The van der Waals surface area contributed by atoms with Gasteiger partial charge in [-0.1, -0.05) is 43.7 Å². The van der Waals surface area contributed by atoms with Crippen LogP contribution >= 0.6 is 11.8 Å². The Balaban J connectivity index is 1.74. The minimum atomic E-state index is -0.268. The first-order chi connectivity index (χ1) is 10.1. The highest BCUT2D eigenvalue weighted by molar-refractivity contribution is 7.99. The van der Waals surface area contributed by atoms with E-state index in [0.717, 1.165) is 5.56 Å². The molecule has 0 aromatic heterocycles. The highest BCUT2D eigenvalue weighted by Gasteiger charge is 2.45. The summed E-state index contributed by atoms with van der Waals surface area (Å²) in [7, 11) is 0. The maximum atomic E-state index is 6.24. The van der Waals surface area contributed by atoms with Gasteiger partial charge in [0.05, 0.1) is 12.7 Å². The molecule has 1 aromatic carbocycles. The molecule has 3 nitrogen and oxygen atoms in total. The number of benzene rings is 1. The standard InChI is InChI=1S/C17H24O3S/c1-10-5-7-13(8-6-10)16-18-9-14-15(20-16)11(2)12(3)17(19-14)21-4/h5-8,11-12,14-17H,9H2,1-4H3/t11-,12?,14?,15+,16?,17+/m1/s1. The summed E-state index contributed by atoms with van der Waals surface area (Å²) in [6.07, 6.45) is 2.00. The zero-order valence-corrected chi connectivity index (χ0v) is 13.9. The van der Waals surface area contributed by atoms with Crippen molar-refractivity contribution in [1.29, 1.82) is 0 Å². The Morgan fingerprint density at radius 1 is 1.05 bits per heavy atom. The van der Waals surface area contributed by atoms with Crippen LogP contribution in [0.3, 0.4) is 0 Å². The molecule has 0 N–H and O–H groups in total. The molecule has 3 unspecified atom stereocenters. The van der Waals surface area contributed by atoms with Gasteiger partial charge < -0.3 is 14.2 Å². The maximum Gasteiger partial charge on any atom is 0.184 e. The van der Waals surface area contributed by atoms with Crippen molar-refractivity contribution in [3.63, 3.8) is 0 Å². The Labute approximate surface area is 131 Å². The fourth-order valence-corrected chi connectivity index (χ4v) is 4.07. The highest BCUT2D eigenvalue weighted by atomic mass is 32.2. The molecule has 116 valence electrons. The van der Waals surface area contributed by atoms with Crippen LogP contribution in [-0.4, -0.2) is 30.5 Å². The van der Waals surface area contributed by atoms with E-state index in [9.17, 15) is 0 Å². The second-order valence-electron chi connectivity index (χ2n) is 6.17. The van der Waals surface area contributed by atoms with E-state index in [0.29, 0.717) is 18.4 Å². The largest absolute Gasteiger partial charge is 0.359 e. The van der Waals surface area contributed by atoms with E-state index in [1.54, 1.807) is 11.8 Å². The molecule has 21 heavy (non-hydrogen) atoms. The van der Waals surface area contributed by atoms with Gasteiger partial charge in [-0.05, 0) is 25.0 Å². The Morgan fingerprint density at radius 2 is 1.76 bits per heavy atom. The van der Waals surface area contributed by atoms with Crippen molar-refractivity contribution in [2.45, 2.75) is 44.7 Å². The summed E-state index contributed by atoms with van der Waals surface area (Å²) in [5, 5.41) is 0. The lowest BCUT2D eigenvalue weighted by Crippen LogP contribution is -2.54. The van der Waals surface area contributed by atoms with Crippen LogP contribution in [0.5, 0.6) is 0 Å². The number of thioether (sulfide) groups is 1. The molecule has 2 aliphatic heterocycles. The van der Waals surface area contributed by atoms with Crippen molar-refractivity contribution in [2.24, 2.45) is 11.8 Å². The minimum Gasteiger partial charge on any atom is -0.359 e. The van der Waals surface area contributed by atoms with Crippen molar-refractivity contribution in [3.05, 3.63) is 35.4 Å². The maximum absolute atomic E-state index is 6.24. The number of fused-ring (bicyclic) bond motifs is 1. The predicted octanol–water partition coefficient (Wildman–Crippen LogP) is 3.77. The smallest absolute Gasteiger partial charge is 0.184 e. The molecule has 0 spiro atoms. The summed E-state index contributed by atoms with van der Waals surface area (Å²) in [5.41, 5.74) is 2.58. The van der Waals surface area contributed by atoms with E-state index >= 15 is 0 Å². The van der Waals surface area contributed by atoms with Gasteiger partial charge in [0, 0.05) is 5.56 Å². The average molecular weight is 308 g/mol. The van der Waals surface area contributed by atoms with Gasteiger partial charge in [-0.25, -0.2) is 0 Å². The summed E-state index contributed by atoms with van der Waals surface area (Å²) in [6, 6.07) is 8.37. The number of aryl methyl sites for hydroxylation is 1. The lowest BCUT2D eigenvalue weighted by Gasteiger charge is -2.47. The highest BCUT2D eigenvalue weighted by Crippen LogP contribution is 2.41. The van der Waals surface area contributed by atoms with Crippen LogP contribution in [0.15, 0.2) is 24.3 Å². The van der Waals surface area contributed by atoms with Crippen LogP contribution in [0, 0.1) is 18.8 Å². The van der Waals surface area contributed by atoms with Gasteiger partial charge in [0.2, 0.25) is 0 Å². The topological polar surface area (TPSA) is 27.7 Å². The predicted molar refractivity (Wildman–Crippen MR) is 85.2 cm³/mol. The van der Waals surface area contributed by atoms with Gasteiger partial charge in [0.25, 0.3) is 0 Å². The van der Waals surface area contributed by atoms with Gasteiger partial charge in [-0.15, -0.1) is 11.8 Å². The van der Waals surface area contributed by atoms with Crippen LogP contribution in [0.4, 0.5) is 0 Å². The number of ether oxygens (including phenoxy) is 3. The van der Waals surface area contributed by atoms with Crippen LogP contribution in [0.1, 0.15) is 31.3 Å². The third-order valence-corrected chi connectivity index (χ3v) is 5.73. The second kappa shape index (κ2) is 6.29. The fraction of sp³-hybridized carbons (Fsp3) is 0.647. The number of hydrogen-bond acceptors (Lipinski definition) is 4. The lowest BCUT2D eigenvalue weighted by atomic mass is 9.85. The van der Waals surface area contributed by atoms with Crippen molar-refractivity contribution in [2.75, 3.05) is 12.9 Å². The van der Waals surface area contributed by atoms with Gasteiger partial charge in [-0.3, -0.25) is 0 Å². The molecule has 2 saturated heterocycles. The normalized spacial score (nSPS) is 39.8. The molecule has 0 saturated carbocycles. The van der Waals surface area contributed by atoms with Gasteiger partial charge >= 0.3 is 0 Å². The summed E-state index contributed by atoms with van der Waals surface area (Å²) in [4.78, 5) is 0. The molecule has 4 heteroatoms. The summed E-state index contributed by atoms with van der Waals surface area (Å²) < 4.78 is 18.3. The van der Waals surface area contributed by atoms with Crippen LogP contribution in [0.25, 0.3) is 0 Å². The van der Waals surface area contributed by atoms with E-state index < -0.39 is 0 Å². The minimum absolute atomic E-state index is 0.0512. The van der Waals surface area contributed by atoms with Gasteiger partial charge in [0.1, 0.15) is 11.5 Å². The van der Waals surface area contributed by atoms with E-state index in [2.05, 4.69) is 51.3 Å². The van der Waals surface area contributed by atoms with Crippen molar-refractivity contribution in [1.82, 2.24) is 0 Å². The average Bonchev–Trinajstić information content (AvgIpc) is 2.51. The lowest BCUT2D eigenvalue weighted by molar-refractivity contribution is -0.300. The molecule has 0 aliphatic carbocycles. The van der Waals surface area contributed by atoms with E-state index in [4.69, 9.17) is 14.2 Å². The van der Waals surface area contributed by atoms with Crippen LogP contribution < -0.4 is 0 Å². The monoisotopic (exact) mass is 308 g/mol. The van der Waals surface area contributed by atoms with Gasteiger partial charge in [0.15, 0.2) is 6.29 Å². The SMILES string of the molecule is CS[C@@H]1OC2COC(c3ccc(C)cc3)O[C@H]2[C@H](C)C1C.